The minimum atomic E-state index is -0.953. The summed E-state index contributed by atoms with van der Waals surface area (Å²) in [7, 11) is 3.71. The van der Waals surface area contributed by atoms with Crippen LogP contribution in [0.15, 0.2) is 84.9 Å². The van der Waals surface area contributed by atoms with Crippen molar-refractivity contribution in [2.75, 3.05) is 20.7 Å². The van der Waals surface area contributed by atoms with Gasteiger partial charge in [0.2, 0.25) is 0 Å². The second-order valence-corrected chi connectivity index (χ2v) is 10.7. The van der Waals surface area contributed by atoms with Gasteiger partial charge in [-0.1, -0.05) is 73.5 Å². The number of nitrogens with zero attached hydrogens (tertiary/aromatic N) is 1. The number of amides is 1. The van der Waals surface area contributed by atoms with Crippen molar-refractivity contribution in [2.24, 2.45) is 0 Å². The number of terminal acetylenes is 1. The molecule has 0 aliphatic carbocycles. The van der Waals surface area contributed by atoms with Gasteiger partial charge in [0.15, 0.2) is 0 Å². The summed E-state index contributed by atoms with van der Waals surface area (Å²) in [6, 6.07) is 25.3. The summed E-state index contributed by atoms with van der Waals surface area (Å²) in [6.45, 7) is 6.19. The van der Waals surface area contributed by atoms with Crippen molar-refractivity contribution in [2.45, 2.75) is 39.7 Å². The van der Waals surface area contributed by atoms with E-state index in [1.165, 1.54) is 0 Å². The van der Waals surface area contributed by atoms with E-state index in [1.54, 1.807) is 25.3 Å². The fourth-order valence-corrected chi connectivity index (χ4v) is 5.22. The highest BCUT2D eigenvalue weighted by atomic mass is 35.5. The standard InChI is InChI=1S/C33H32Cl2N2O4.C2H6.C2H2/c1-21(23-5-7-24(8-6-23)33(40)36-15-14-32(38)39)37(2)31(13-4-22-16-28(34)20-29(35)17-22)27-10-9-26-19-30(41-3)12-11-25(26)18-27;2*1-2/h5-13,16-21H,4,14-15H2,1-3H3,(H,36,40)(H,38,39);1-2H3;1-2H/b31-13-;;. The summed E-state index contributed by atoms with van der Waals surface area (Å²) < 4.78 is 5.39. The summed E-state index contributed by atoms with van der Waals surface area (Å²) >= 11 is 12.5. The number of hydrogen-bond acceptors (Lipinski definition) is 4. The number of rotatable bonds is 11. The molecule has 0 aliphatic rings. The zero-order valence-corrected chi connectivity index (χ0v) is 27.8. The van der Waals surface area contributed by atoms with E-state index >= 15 is 0 Å². The number of carbonyl (C=O) groups excluding carboxylic acids is 1. The molecule has 45 heavy (non-hydrogen) atoms. The van der Waals surface area contributed by atoms with Crippen LogP contribution in [0.4, 0.5) is 0 Å². The fourth-order valence-electron chi connectivity index (χ4n) is 4.65. The Balaban J connectivity index is 0.00000169. The highest BCUT2D eigenvalue weighted by Crippen LogP contribution is 2.32. The van der Waals surface area contributed by atoms with Crippen molar-refractivity contribution >= 4 is 51.5 Å². The number of benzene rings is 4. The molecule has 8 heteroatoms. The summed E-state index contributed by atoms with van der Waals surface area (Å²) in [5.41, 5.74) is 4.59. The molecule has 2 N–H and O–H groups in total. The molecule has 0 aliphatic heterocycles. The highest BCUT2D eigenvalue weighted by Gasteiger charge is 2.18. The molecule has 0 saturated heterocycles. The largest absolute Gasteiger partial charge is 0.497 e. The molecule has 0 saturated carbocycles. The van der Waals surface area contributed by atoms with E-state index < -0.39 is 5.97 Å². The number of methoxy groups -OCH3 is 1. The monoisotopic (exact) mass is 646 g/mol. The first-order valence-corrected chi connectivity index (χ1v) is 15.3. The van der Waals surface area contributed by atoms with Crippen LogP contribution >= 0.6 is 23.2 Å². The number of ether oxygens (including phenoxy) is 1. The lowest BCUT2D eigenvalue weighted by Gasteiger charge is -2.30. The topological polar surface area (TPSA) is 78.9 Å². The number of carboxylic acids is 1. The maximum absolute atomic E-state index is 12.4. The number of aliphatic carboxylic acids is 1. The predicted molar refractivity (Wildman–Crippen MR) is 187 cm³/mol. The van der Waals surface area contributed by atoms with Gasteiger partial charge in [-0.15, -0.1) is 12.8 Å². The van der Waals surface area contributed by atoms with Gasteiger partial charge >= 0.3 is 5.97 Å². The van der Waals surface area contributed by atoms with Crippen molar-refractivity contribution in [3.63, 3.8) is 0 Å². The molecule has 6 nitrogen and oxygen atoms in total. The second kappa shape index (κ2) is 18.4. The maximum atomic E-state index is 12.4. The van der Waals surface area contributed by atoms with Crippen LogP contribution in [-0.4, -0.2) is 42.6 Å². The maximum Gasteiger partial charge on any atom is 0.305 e. The van der Waals surface area contributed by atoms with Crippen LogP contribution in [0, 0.1) is 12.8 Å². The number of carboxylic acid groups (broad SMARTS) is 1. The lowest BCUT2D eigenvalue weighted by Crippen LogP contribution is -2.26. The highest BCUT2D eigenvalue weighted by molar-refractivity contribution is 6.34. The Morgan fingerprint density at radius 1 is 0.911 bits per heavy atom. The van der Waals surface area contributed by atoms with Gasteiger partial charge in [-0.3, -0.25) is 9.59 Å². The van der Waals surface area contributed by atoms with Crippen LogP contribution in [0.2, 0.25) is 10.0 Å². The molecule has 0 fully saturated rings. The van der Waals surface area contributed by atoms with Crippen LogP contribution in [0.3, 0.4) is 0 Å². The molecule has 0 spiro atoms. The minimum Gasteiger partial charge on any atom is -0.497 e. The Morgan fingerprint density at radius 3 is 2.09 bits per heavy atom. The van der Waals surface area contributed by atoms with Crippen molar-refractivity contribution in [3.05, 3.63) is 117 Å². The molecule has 4 aromatic rings. The zero-order chi connectivity index (χ0) is 33.5. The third-order valence-electron chi connectivity index (χ3n) is 7.04. The van der Waals surface area contributed by atoms with E-state index in [-0.39, 0.29) is 24.9 Å². The Labute approximate surface area is 276 Å². The summed E-state index contributed by atoms with van der Waals surface area (Å²) in [4.78, 5) is 25.3. The molecule has 4 aromatic carbocycles. The van der Waals surface area contributed by atoms with E-state index in [2.05, 4.69) is 60.3 Å². The molecule has 0 radical (unpaired) electrons. The summed E-state index contributed by atoms with van der Waals surface area (Å²) in [6.07, 6.45) is 10.7. The van der Waals surface area contributed by atoms with Gasteiger partial charge in [0.25, 0.3) is 5.91 Å². The number of allylic oxidation sites excluding steroid dienone is 1. The predicted octanol–water partition coefficient (Wildman–Crippen LogP) is 8.91. The second-order valence-electron chi connectivity index (χ2n) is 9.81. The Morgan fingerprint density at radius 2 is 1.49 bits per heavy atom. The van der Waals surface area contributed by atoms with Gasteiger partial charge in [0, 0.05) is 34.9 Å². The van der Waals surface area contributed by atoms with Crippen LogP contribution < -0.4 is 10.1 Å². The van der Waals surface area contributed by atoms with Gasteiger partial charge in [0.1, 0.15) is 5.75 Å². The average molecular weight is 648 g/mol. The Kier molecular flexibility index (Phi) is 15.0. The summed E-state index contributed by atoms with van der Waals surface area (Å²) in [5.74, 6) is -0.443. The zero-order valence-electron chi connectivity index (χ0n) is 26.3. The van der Waals surface area contributed by atoms with E-state index in [9.17, 15) is 9.59 Å². The average Bonchev–Trinajstić information content (AvgIpc) is 3.05. The third-order valence-corrected chi connectivity index (χ3v) is 7.47. The number of carbonyl (C=O) groups is 2. The van der Waals surface area contributed by atoms with Gasteiger partial charge in [-0.2, -0.15) is 0 Å². The first-order chi connectivity index (χ1) is 21.6. The van der Waals surface area contributed by atoms with E-state index in [0.29, 0.717) is 22.0 Å². The van der Waals surface area contributed by atoms with Gasteiger partial charge in [-0.05, 0) is 89.3 Å². The van der Waals surface area contributed by atoms with Crippen LogP contribution in [0.5, 0.6) is 5.75 Å². The minimum absolute atomic E-state index is 0.0279. The molecule has 4 rings (SSSR count). The fraction of sp³-hybridized carbons (Fsp3) is 0.243. The smallest absolute Gasteiger partial charge is 0.305 e. The van der Waals surface area contributed by atoms with Crippen molar-refractivity contribution in [3.8, 4) is 18.6 Å². The van der Waals surface area contributed by atoms with Gasteiger partial charge < -0.3 is 20.1 Å². The molecule has 0 bridgehead atoms. The van der Waals surface area contributed by atoms with Crippen molar-refractivity contribution in [1.82, 2.24) is 10.2 Å². The molecule has 0 heterocycles. The Hall–Kier alpha value is -4.44. The molecule has 1 unspecified atom stereocenters. The van der Waals surface area contributed by atoms with Crippen LogP contribution in [-0.2, 0) is 11.2 Å². The Bertz CT molecular complexity index is 1610. The van der Waals surface area contributed by atoms with Gasteiger partial charge in [-0.25, -0.2) is 0 Å². The molecule has 236 valence electrons. The van der Waals surface area contributed by atoms with Crippen molar-refractivity contribution in [1.29, 1.82) is 0 Å². The molecule has 1 atom stereocenters. The first-order valence-electron chi connectivity index (χ1n) is 14.5. The third kappa shape index (κ3) is 10.6. The van der Waals surface area contributed by atoms with E-state index in [0.717, 1.165) is 38.9 Å². The van der Waals surface area contributed by atoms with Crippen LogP contribution in [0.25, 0.3) is 16.5 Å². The lowest BCUT2D eigenvalue weighted by atomic mass is 9.99. The molecular formula is C37H40Cl2N2O4. The molecular weight excluding hydrogens is 607 g/mol. The van der Waals surface area contributed by atoms with Crippen molar-refractivity contribution < 1.29 is 19.4 Å². The SMILES string of the molecule is C#C.CC.COc1ccc2cc(/C(=C/Cc3cc(Cl)cc(Cl)c3)N(C)C(C)c3ccc(C(=O)NCCC(=O)O)cc3)ccc2c1. The normalized spacial score (nSPS) is 11.3. The van der Waals surface area contributed by atoms with Crippen LogP contribution in [0.1, 0.15) is 60.3 Å². The molecule has 0 aromatic heterocycles. The number of halogens is 2. The summed E-state index contributed by atoms with van der Waals surface area (Å²) in [5, 5.41) is 14.8. The number of fused-ring (bicyclic) bond motifs is 1. The van der Waals surface area contributed by atoms with Gasteiger partial charge in [0.05, 0.1) is 19.6 Å². The number of hydrogen-bond donors (Lipinski definition) is 2. The lowest BCUT2D eigenvalue weighted by molar-refractivity contribution is -0.136. The number of nitrogens with one attached hydrogen (secondary N) is 1. The molecule has 1 amide bonds. The quantitative estimate of drug-likeness (QED) is 0.159. The van der Waals surface area contributed by atoms with E-state index in [1.807, 2.05) is 57.3 Å². The van der Waals surface area contributed by atoms with E-state index in [4.69, 9.17) is 33.0 Å². The first kappa shape index (κ1) is 36.8.